The Hall–Kier alpha value is -1.78. The Balaban J connectivity index is 1.74. The van der Waals surface area contributed by atoms with Crippen LogP contribution >= 0.6 is 11.8 Å². The minimum atomic E-state index is 0.324. The van der Waals surface area contributed by atoms with Crippen molar-refractivity contribution in [3.05, 3.63) is 59.7 Å². The first-order valence-electron chi connectivity index (χ1n) is 7.08. The molecular formula is C17H19N3S. The zero-order chi connectivity index (χ0) is 14.7. The monoisotopic (exact) mass is 297 g/mol. The van der Waals surface area contributed by atoms with Crippen molar-refractivity contribution in [3.8, 4) is 0 Å². The maximum atomic E-state index is 4.61. The number of fused-ring (bicyclic) bond motifs is 1. The molecule has 0 fully saturated rings. The van der Waals surface area contributed by atoms with Crippen LogP contribution in [-0.2, 0) is 0 Å². The molecule has 2 N–H and O–H groups in total. The highest BCUT2D eigenvalue weighted by Crippen LogP contribution is 2.26. The van der Waals surface area contributed by atoms with Gasteiger partial charge in [-0.15, -0.1) is 0 Å². The van der Waals surface area contributed by atoms with Gasteiger partial charge in [0.25, 0.3) is 0 Å². The van der Waals surface area contributed by atoms with Gasteiger partial charge in [-0.1, -0.05) is 48.2 Å². The summed E-state index contributed by atoms with van der Waals surface area (Å²) in [5, 5.41) is 4.38. The van der Waals surface area contributed by atoms with Gasteiger partial charge in [0.05, 0.1) is 11.0 Å². The first-order chi connectivity index (χ1) is 10.3. The van der Waals surface area contributed by atoms with Gasteiger partial charge in [-0.05, 0) is 37.2 Å². The molecule has 0 aliphatic heterocycles. The van der Waals surface area contributed by atoms with E-state index in [9.17, 15) is 0 Å². The average molecular weight is 297 g/mol. The van der Waals surface area contributed by atoms with Gasteiger partial charge in [0, 0.05) is 11.8 Å². The van der Waals surface area contributed by atoms with Crippen molar-refractivity contribution in [2.75, 3.05) is 12.8 Å². The van der Waals surface area contributed by atoms with E-state index < -0.39 is 0 Å². The van der Waals surface area contributed by atoms with E-state index >= 15 is 0 Å². The van der Waals surface area contributed by atoms with Gasteiger partial charge in [-0.3, -0.25) is 0 Å². The van der Waals surface area contributed by atoms with Gasteiger partial charge in [-0.2, -0.15) is 0 Å². The Morgan fingerprint density at radius 1 is 1.14 bits per heavy atom. The zero-order valence-corrected chi connectivity index (χ0v) is 13.1. The summed E-state index contributed by atoms with van der Waals surface area (Å²) in [5.41, 5.74) is 4.79. The average Bonchev–Trinajstić information content (AvgIpc) is 2.92. The molecule has 0 amide bonds. The standard InChI is InChI=1S/C17H19N3S/c1-12-7-3-4-8-13(12)16(18-2)11-21-17-19-14-9-5-6-10-15(14)20-17/h3-10,16,18H,11H2,1-2H3,(H,19,20). The lowest BCUT2D eigenvalue weighted by molar-refractivity contribution is 0.657. The Morgan fingerprint density at radius 2 is 1.90 bits per heavy atom. The van der Waals surface area contributed by atoms with Crippen LogP contribution in [0, 0.1) is 6.92 Å². The molecule has 1 atom stereocenters. The molecule has 3 aromatic rings. The van der Waals surface area contributed by atoms with Crippen molar-refractivity contribution in [2.24, 2.45) is 0 Å². The molecule has 0 saturated heterocycles. The zero-order valence-electron chi connectivity index (χ0n) is 12.3. The maximum absolute atomic E-state index is 4.61. The van der Waals surface area contributed by atoms with Gasteiger partial charge in [0.2, 0.25) is 0 Å². The molecule has 0 aliphatic rings. The van der Waals surface area contributed by atoms with Crippen LogP contribution in [0.15, 0.2) is 53.7 Å². The molecular weight excluding hydrogens is 278 g/mol. The first-order valence-corrected chi connectivity index (χ1v) is 8.07. The van der Waals surface area contributed by atoms with E-state index in [-0.39, 0.29) is 0 Å². The second kappa shape index (κ2) is 6.33. The van der Waals surface area contributed by atoms with E-state index in [0.717, 1.165) is 21.9 Å². The number of rotatable bonds is 5. The van der Waals surface area contributed by atoms with Crippen LogP contribution in [-0.4, -0.2) is 22.8 Å². The van der Waals surface area contributed by atoms with E-state index in [1.54, 1.807) is 11.8 Å². The molecule has 0 spiro atoms. The number of hydrogen-bond acceptors (Lipinski definition) is 3. The summed E-state index contributed by atoms with van der Waals surface area (Å²) in [6.45, 7) is 2.16. The number of H-pyrrole nitrogens is 1. The third-order valence-corrected chi connectivity index (χ3v) is 4.63. The molecule has 2 aromatic carbocycles. The molecule has 0 bridgehead atoms. The van der Waals surface area contributed by atoms with Gasteiger partial charge < -0.3 is 10.3 Å². The fourth-order valence-electron chi connectivity index (χ4n) is 2.47. The lowest BCUT2D eigenvalue weighted by Crippen LogP contribution is -2.19. The van der Waals surface area contributed by atoms with Crippen molar-refractivity contribution in [3.63, 3.8) is 0 Å². The lowest BCUT2D eigenvalue weighted by Gasteiger charge is -2.17. The summed E-state index contributed by atoms with van der Waals surface area (Å²) in [4.78, 5) is 7.98. The molecule has 0 aliphatic carbocycles. The molecule has 1 heterocycles. The number of nitrogens with zero attached hydrogens (tertiary/aromatic N) is 1. The molecule has 0 saturated carbocycles. The topological polar surface area (TPSA) is 40.7 Å². The van der Waals surface area contributed by atoms with E-state index in [2.05, 4.69) is 52.5 Å². The summed E-state index contributed by atoms with van der Waals surface area (Å²) < 4.78 is 0. The van der Waals surface area contributed by atoms with E-state index in [0.29, 0.717) is 6.04 Å². The minimum absolute atomic E-state index is 0.324. The van der Waals surface area contributed by atoms with Crippen LogP contribution in [0.3, 0.4) is 0 Å². The van der Waals surface area contributed by atoms with Crippen molar-refractivity contribution >= 4 is 22.8 Å². The van der Waals surface area contributed by atoms with Crippen molar-refractivity contribution in [2.45, 2.75) is 18.1 Å². The largest absolute Gasteiger partial charge is 0.333 e. The van der Waals surface area contributed by atoms with E-state index in [4.69, 9.17) is 0 Å². The summed E-state index contributed by atoms with van der Waals surface area (Å²) in [5.74, 6) is 0.946. The predicted octanol–water partition coefficient (Wildman–Crippen LogP) is 3.92. The first kappa shape index (κ1) is 14.2. The lowest BCUT2D eigenvalue weighted by atomic mass is 10.0. The summed E-state index contributed by atoms with van der Waals surface area (Å²) >= 11 is 1.75. The predicted molar refractivity (Wildman–Crippen MR) is 89.8 cm³/mol. The smallest absolute Gasteiger partial charge is 0.166 e. The van der Waals surface area contributed by atoms with Crippen molar-refractivity contribution < 1.29 is 0 Å². The molecule has 1 unspecified atom stereocenters. The maximum Gasteiger partial charge on any atom is 0.166 e. The minimum Gasteiger partial charge on any atom is -0.333 e. The number of benzene rings is 2. The quantitative estimate of drug-likeness (QED) is 0.701. The van der Waals surface area contributed by atoms with Gasteiger partial charge >= 0.3 is 0 Å². The van der Waals surface area contributed by atoms with Gasteiger partial charge in [0.15, 0.2) is 5.16 Å². The van der Waals surface area contributed by atoms with E-state index in [1.807, 2.05) is 25.2 Å². The van der Waals surface area contributed by atoms with Crippen molar-refractivity contribution in [1.29, 1.82) is 0 Å². The molecule has 3 nitrogen and oxygen atoms in total. The van der Waals surface area contributed by atoms with Crippen LogP contribution in [0.5, 0.6) is 0 Å². The summed E-state index contributed by atoms with van der Waals surface area (Å²) in [7, 11) is 2.01. The second-order valence-corrected chi connectivity index (χ2v) is 6.08. The normalized spacial score (nSPS) is 12.7. The van der Waals surface area contributed by atoms with Gasteiger partial charge in [-0.25, -0.2) is 4.98 Å². The van der Waals surface area contributed by atoms with Crippen LogP contribution in [0.4, 0.5) is 0 Å². The number of thioether (sulfide) groups is 1. The fourth-order valence-corrected chi connectivity index (χ4v) is 3.48. The molecule has 4 heteroatoms. The molecule has 0 radical (unpaired) electrons. The fraction of sp³-hybridized carbons (Fsp3) is 0.235. The third kappa shape index (κ3) is 3.12. The van der Waals surface area contributed by atoms with Crippen LogP contribution in [0.25, 0.3) is 11.0 Å². The highest BCUT2D eigenvalue weighted by molar-refractivity contribution is 7.99. The molecule has 3 rings (SSSR count). The molecule has 21 heavy (non-hydrogen) atoms. The second-order valence-electron chi connectivity index (χ2n) is 5.07. The number of imidazole rings is 1. The highest BCUT2D eigenvalue weighted by atomic mass is 32.2. The Kier molecular flexibility index (Phi) is 4.27. The number of aromatic nitrogens is 2. The summed E-state index contributed by atoms with van der Waals surface area (Å²) in [6, 6.07) is 17.0. The number of aromatic amines is 1. The Labute approximate surface area is 129 Å². The van der Waals surface area contributed by atoms with Crippen molar-refractivity contribution in [1.82, 2.24) is 15.3 Å². The number of aryl methyl sites for hydroxylation is 1. The molecule has 108 valence electrons. The van der Waals surface area contributed by atoms with Crippen LogP contribution < -0.4 is 5.32 Å². The van der Waals surface area contributed by atoms with Crippen LogP contribution in [0.1, 0.15) is 17.2 Å². The number of para-hydroxylation sites is 2. The molecule has 1 aromatic heterocycles. The summed E-state index contributed by atoms with van der Waals surface area (Å²) in [6.07, 6.45) is 0. The SMILES string of the molecule is CNC(CSc1nc2ccccc2[nH]1)c1ccccc1C. The highest BCUT2D eigenvalue weighted by Gasteiger charge is 2.13. The number of hydrogen-bond donors (Lipinski definition) is 2. The van der Waals surface area contributed by atoms with Crippen LogP contribution in [0.2, 0.25) is 0 Å². The van der Waals surface area contributed by atoms with Gasteiger partial charge in [0.1, 0.15) is 0 Å². The number of nitrogens with one attached hydrogen (secondary N) is 2. The Bertz CT molecular complexity index is 702. The Morgan fingerprint density at radius 3 is 2.67 bits per heavy atom. The third-order valence-electron chi connectivity index (χ3n) is 3.67. The van der Waals surface area contributed by atoms with E-state index in [1.165, 1.54) is 11.1 Å².